The molecule has 1 N–H and O–H groups in total. The summed E-state index contributed by atoms with van der Waals surface area (Å²) in [5, 5.41) is -0.147. The first-order chi connectivity index (χ1) is 9.31. The highest BCUT2D eigenvalue weighted by atomic mass is 35.5. The van der Waals surface area contributed by atoms with Crippen molar-refractivity contribution in [1.82, 2.24) is 9.97 Å². The average Bonchev–Trinajstić information content (AvgIpc) is 2.36. The van der Waals surface area contributed by atoms with E-state index in [1.54, 1.807) is 0 Å². The summed E-state index contributed by atoms with van der Waals surface area (Å²) in [6.45, 7) is 0. The Morgan fingerprint density at radius 2 is 1.80 bits per heavy atom. The molecule has 0 aliphatic carbocycles. The van der Waals surface area contributed by atoms with Crippen molar-refractivity contribution in [3.05, 3.63) is 44.7 Å². The van der Waals surface area contributed by atoms with Gasteiger partial charge in [0.1, 0.15) is 10.0 Å². The number of aromatic nitrogens is 2. The van der Waals surface area contributed by atoms with Crippen molar-refractivity contribution in [3.8, 4) is 0 Å². The van der Waals surface area contributed by atoms with Crippen LogP contribution in [0.25, 0.3) is 0 Å². The van der Waals surface area contributed by atoms with Crippen molar-refractivity contribution in [2.75, 3.05) is 4.72 Å². The normalized spacial score (nSPS) is 11.4. The van der Waals surface area contributed by atoms with Crippen molar-refractivity contribution in [3.63, 3.8) is 0 Å². The maximum atomic E-state index is 12.2. The highest BCUT2D eigenvalue weighted by Crippen LogP contribution is 2.30. The van der Waals surface area contributed by atoms with E-state index in [1.165, 1.54) is 24.4 Å². The topological polar surface area (TPSA) is 72.0 Å². The van der Waals surface area contributed by atoms with Gasteiger partial charge in [-0.05, 0) is 12.1 Å². The molecule has 0 aliphatic heterocycles. The molecule has 1 heterocycles. The van der Waals surface area contributed by atoms with E-state index in [0.29, 0.717) is 0 Å². The molecule has 2 aromatic rings. The molecule has 0 spiro atoms. The van der Waals surface area contributed by atoms with Crippen LogP contribution in [0, 0.1) is 0 Å². The van der Waals surface area contributed by atoms with Crippen LogP contribution in [-0.2, 0) is 10.0 Å². The lowest BCUT2D eigenvalue weighted by molar-refractivity contribution is 0.601. The van der Waals surface area contributed by atoms with E-state index < -0.39 is 10.0 Å². The maximum absolute atomic E-state index is 12.2. The van der Waals surface area contributed by atoms with Crippen molar-refractivity contribution >= 4 is 62.2 Å². The van der Waals surface area contributed by atoms with Gasteiger partial charge in [-0.2, -0.15) is 0 Å². The van der Waals surface area contributed by atoms with E-state index in [2.05, 4.69) is 14.7 Å². The first-order valence-electron chi connectivity index (χ1n) is 4.96. The Morgan fingerprint density at radius 3 is 2.50 bits per heavy atom. The molecule has 0 atom stereocenters. The van der Waals surface area contributed by atoms with Gasteiger partial charge in [-0.1, -0.05) is 52.5 Å². The molecule has 0 amide bonds. The number of sulfonamides is 1. The lowest BCUT2D eigenvalue weighted by Crippen LogP contribution is -2.15. The minimum absolute atomic E-state index is 0.00992. The number of hydrogen-bond acceptors (Lipinski definition) is 4. The molecule has 0 bridgehead atoms. The summed E-state index contributed by atoms with van der Waals surface area (Å²) in [6.07, 6.45) is 1.19. The highest BCUT2D eigenvalue weighted by Gasteiger charge is 2.21. The Kier molecular flexibility index (Phi) is 4.61. The van der Waals surface area contributed by atoms with Gasteiger partial charge in [0.25, 0.3) is 10.0 Å². The average molecular weight is 373 g/mol. The molecule has 0 saturated carbocycles. The second-order valence-corrected chi connectivity index (χ2v) is 6.67. The third-order valence-electron chi connectivity index (χ3n) is 2.14. The molecule has 1 aromatic carbocycles. The van der Waals surface area contributed by atoms with Crippen LogP contribution in [0.4, 0.5) is 5.82 Å². The van der Waals surface area contributed by atoms with E-state index in [0.717, 1.165) is 0 Å². The van der Waals surface area contributed by atoms with Gasteiger partial charge in [-0.15, -0.1) is 0 Å². The van der Waals surface area contributed by atoms with Gasteiger partial charge in [0.05, 0.1) is 16.2 Å². The second-order valence-electron chi connectivity index (χ2n) is 3.49. The summed E-state index contributed by atoms with van der Waals surface area (Å²) in [4.78, 5) is 7.22. The third-order valence-corrected chi connectivity index (χ3v) is 4.91. The molecule has 0 saturated heterocycles. The molecule has 0 unspecified atom stereocenters. The fourth-order valence-electron chi connectivity index (χ4n) is 1.29. The summed E-state index contributed by atoms with van der Waals surface area (Å²) >= 11 is 23.0. The van der Waals surface area contributed by atoms with Crippen LogP contribution < -0.4 is 4.72 Å². The van der Waals surface area contributed by atoms with Gasteiger partial charge in [-0.3, -0.25) is 4.72 Å². The molecule has 1 aromatic heterocycles. The van der Waals surface area contributed by atoms with Gasteiger partial charge in [-0.25, -0.2) is 18.4 Å². The summed E-state index contributed by atoms with van der Waals surface area (Å²) in [7, 11) is -4.02. The quantitative estimate of drug-likeness (QED) is 0.886. The van der Waals surface area contributed by atoms with E-state index in [9.17, 15) is 8.42 Å². The number of nitrogens with one attached hydrogen (secondary N) is 1. The zero-order chi connectivity index (χ0) is 14.9. The van der Waals surface area contributed by atoms with Crippen molar-refractivity contribution in [1.29, 1.82) is 0 Å². The summed E-state index contributed by atoms with van der Waals surface area (Å²) in [5.41, 5.74) is 0. The van der Waals surface area contributed by atoms with Gasteiger partial charge < -0.3 is 0 Å². The van der Waals surface area contributed by atoms with E-state index in [4.69, 9.17) is 46.4 Å². The largest absolute Gasteiger partial charge is 0.264 e. The number of nitrogens with zero attached hydrogens (tertiary/aromatic N) is 2. The molecular weight excluding hydrogens is 368 g/mol. The lowest BCUT2D eigenvalue weighted by atomic mass is 10.4. The van der Waals surface area contributed by atoms with Gasteiger partial charge in [0.2, 0.25) is 0 Å². The number of hydrogen-bond donors (Lipinski definition) is 1. The molecule has 20 heavy (non-hydrogen) atoms. The monoisotopic (exact) mass is 371 g/mol. The number of halogens is 4. The fourth-order valence-corrected chi connectivity index (χ4v) is 3.39. The van der Waals surface area contributed by atoms with Crippen LogP contribution in [0.2, 0.25) is 20.4 Å². The van der Waals surface area contributed by atoms with Crippen LogP contribution in [0.15, 0.2) is 29.3 Å². The van der Waals surface area contributed by atoms with Crippen LogP contribution in [0.3, 0.4) is 0 Å². The predicted octanol–water partition coefficient (Wildman–Crippen LogP) is 3.89. The Balaban J connectivity index is 2.46. The zero-order valence-corrected chi connectivity index (χ0v) is 13.3. The number of rotatable bonds is 3. The predicted molar refractivity (Wildman–Crippen MR) is 79.3 cm³/mol. The minimum Gasteiger partial charge on any atom is -0.261 e. The first kappa shape index (κ1) is 15.6. The van der Waals surface area contributed by atoms with E-state index >= 15 is 0 Å². The molecule has 106 valence electrons. The van der Waals surface area contributed by atoms with Crippen molar-refractivity contribution in [2.24, 2.45) is 0 Å². The smallest absolute Gasteiger partial charge is 0.261 e. The van der Waals surface area contributed by atoms with Gasteiger partial charge in [0.15, 0.2) is 11.0 Å². The summed E-state index contributed by atoms with van der Waals surface area (Å²) in [6, 6.07) is 4.21. The molecule has 0 aliphatic rings. The first-order valence-corrected chi connectivity index (χ1v) is 7.95. The summed E-state index contributed by atoms with van der Waals surface area (Å²) < 4.78 is 26.6. The van der Waals surface area contributed by atoms with Crippen LogP contribution in [0.5, 0.6) is 0 Å². The van der Waals surface area contributed by atoms with Crippen molar-refractivity contribution < 1.29 is 8.42 Å². The maximum Gasteiger partial charge on any atom is 0.264 e. The molecular formula is C10H5Cl4N3O2S. The Hall–Kier alpha value is -0.790. The highest BCUT2D eigenvalue weighted by molar-refractivity contribution is 7.92. The second kappa shape index (κ2) is 5.91. The molecule has 0 fully saturated rings. The number of anilines is 1. The fraction of sp³-hybridized carbons (Fsp3) is 0. The van der Waals surface area contributed by atoms with E-state index in [-0.39, 0.29) is 31.1 Å². The Labute approximate surface area is 134 Å². The standard InChI is InChI=1S/C10H5Cl4N3O2S/c11-5-2-1-3-6(8(5)13)20(18,19)17-10-9(14)15-4-7(12)16-10/h1-4H,(H,16,17). The van der Waals surface area contributed by atoms with Crippen LogP contribution >= 0.6 is 46.4 Å². The molecule has 5 nitrogen and oxygen atoms in total. The number of benzene rings is 1. The minimum atomic E-state index is -4.02. The SMILES string of the molecule is O=S(=O)(Nc1nc(Cl)cnc1Cl)c1cccc(Cl)c1Cl. The van der Waals surface area contributed by atoms with Crippen LogP contribution in [-0.4, -0.2) is 18.4 Å². The Morgan fingerprint density at radius 1 is 1.10 bits per heavy atom. The molecule has 2 rings (SSSR count). The van der Waals surface area contributed by atoms with E-state index in [1.807, 2.05) is 0 Å². The van der Waals surface area contributed by atoms with Crippen LogP contribution in [0.1, 0.15) is 0 Å². The third kappa shape index (κ3) is 3.27. The zero-order valence-electron chi connectivity index (χ0n) is 9.44. The van der Waals surface area contributed by atoms with Gasteiger partial charge in [0, 0.05) is 0 Å². The molecule has 10 heteroatoms. The Bertz CT molecular complexity index is 767. The van der Waals surface area contributed by atoms with Gasteiger partial charge >= 0.3 is 0 Å². The molecule has 0 radical (unpaired) electrons. The summed E-state index contributed by atoms with van der Waals surface area (Å²) in [5.74, 6) is -0.199. The van der Waals surface area contributed by atoms with Crippen molar-refractivity contribution in [2.45, 2.75) is 4.90 Å². The lowest BCUT2D eigenvalue weighted by Gasteiger charge is -2.10.